The van der Waals surface area contributed by atoms with Crippen LogP contribution in [-0.2, 0) is 0 Å². The van der Waals surface area contributed by atoms with Gasteiger partial charge in [0.15, 0.2) is 0 Å². The van der Waals surface area contributed by atoms with Crippen molar-refractivity contribution in [3.8, 4) is 0 Å². The van der Waals surface area contributed by atoms with Crippen LogP contribution < -0.4 is 0 Å². The Kier molecular flexibility index (Phi) is 3.48. The van der Waals surface area contributed by atoms with Gasteiger partial charge in [-0.25, -0.2) is 0 Å². The molecule has 0 aromatic rings. The maximum absolute atomic E-state index is 9.09. The van der Waals surface area contributed by atoms with Crippen molar-refractivity contribution in [1.82, 2.24) is 0 Å². The zero-order valence-electron chi connectivity index (χ0n) is 5.76. The molecule has 0 amide bonds. The summed E-state index contributed by atoms with van der Waals surface area (Å²) in [5.41, 5.74) is -0.470. The van der Waals surface area contributed by atoms with E-state index in [-0.39, 0.29) is 12.5 Å². The van der Waals surface area contributed by atoms with Gasteiger partial charge in [0, 0.05) is 11.3 Å². The number of rotatable bonds is 3. The third-order valence-corrected chi connectivity index (χ3v) is 1.75. The largest absolute Gasteiger partial charge is 0.396 e. The number of hydrogen-bond donors (Lipinski definition) is 2. The first-order chi connectivity index (χ1) is 4.04. The molecule has 0 spiro atoms. The molecule has 0 aliphatic carbocycles. The maximum Gasteiger partial charge on any atom is 0.0748 e. The highest BCUT2D eigenvalue weighted by atomic mass is 35.5. The van der Waals surface area contributed by atoms with Crippen molar-refractivity contribution in [3.05, 3.63) is 0 Å². The fourth-order valence-electron chi connectivity index (χ4n) is 0.314. The minimum Gasteiger partial charge on any atom is -0.396 e. The summed E-state index contributed by atoms with van der Waals surface area (Å²) in [5.74, 6) is 0.174. The van der Waals surface area contributed by atoms with Crippen LogP contribution >= 0.6 is 11.6 Å². The molecule has 0 rings (SSSR count). The van der Waals surface area contributed by atoms with Gasteiger partial charge >= 0.3 is 0 Å². The quantitative estimate of drug-likeness (QED) is 0.582. The van der Waals surface area contributed by atoms with E-state index < -0.39 is 11.5 Å². The molecule has 0 aromatic heterocycles. The summed E-state index contributed by atoms with van der Waals surface area (Å²) >= 11 is 5.35. The summed E-state index contributed by atoms with van der Waals surface area (Å²) in [6, 6.07) is 0. The Bertz CT molecular complexity index is 83.1. The molecule has 56 valence electrons. The highest BCUT2D eigenvalue weighted by Gasteiger charge is 2.25. The first-order valence-corrected chi connectivity index (χ1v) is 3.43. The lowest BCUT2D eigenvalue weighted by Gasteiger charge is -2.26. The van der Waals surface area contributed by atoms with Crippen LogP contribution in [0.15, 0.2) is 0 Å². The lowest BCUT2D eigenvalue weighted by Crippen LogP contribution is -2.33. The van der Waals surface area contributed by atoms with Crippen molar-refractivity contribution in [1.29, 1.82) is 0 Å². The Morgan fingerprint density at radius 3 is 2.11 bits per heavy atom. The van der Waals surface area contributed by atoms with Gasteiger partial charge in [0.1, 0.15) is 0 Å². The van der Waals surface area contributed by atoms with Crippen LogP contribution in [-0.4, -0.2) is 28.8 Å². The number of aliphatic hydroxyl groups excluding tert-OH is 2. The standard InChI is InChI=1S/C6H13ClO2/c1-6(2,4-8)5(9)3-7/h5,8-9H,3-4H2,1-2H3. The van der Waals surface area contributed by atoms with Gasteiger partial charge in [-0.2, -0.15) is 0 Å². The fourth-order valence-corrected chi connectivity index (χ4v) is 0.732. The van der Waals surface area contributed by atoms with Crippen LogP contribution in [0.4, 0.5) is 0 Å². The summed E-state index contributed by atoms with van der Waals surface area (Å²) in [6.07, 6.45) is -0.621. The van der Waals surface area contributed by atoms with E-state index in [2.05, 4.69) is 0 Å². The second-order valence-electron chi connectivity index (χ2n) is 2.82. The van der Waals surface area contributed by atoms with Gasteiger partial charge in [0.25, 0.3) is 0 Å². The zero-order chi connectivity index (χ0) is 7.49. The molecule has 1 unspecified atom stereocenters. The average molecular weight is 153 g/mol. The first-order valence-electron chi connectivity index (χ1n) is 2.89. The second-order valence-corrected chi connectivity index (χ2v) is 3.13. The van der Waals surface area contributed by atoms with Gasteiger partial charge in [-0.05, 0) is 0 Å². The van der Waals surface area contributed by atoms with Crippen LogP contribution in [0.2, 0.25) is 0 Å². The van der Waals surface area contributed by atoms with Gasteiger partial charge in [0.05, 0.1) is 12.7 Å². The zero-order valence-corrected chi connectivity index (χ0v) is 6.52. The summed E-state index contributed by atoms with van der Waals surface area (Å²) < 4.78 is 0. The summed E-state index contributed by atoms with van der Waals surface area (Å²) in [4.78, 5) is 0. The predicted molar refractivity (Wildman–Crippen MR) is 37.6 cm³/mol. The third kappa shape index (κ3) is 2.52. The maximum atomic E-state index is 9.09. The van der Waals surface area contributed by atoms with Crippen molar-refractivity contribution < 1.29 is 10.2 Å². The van der Waals surface area contributed by atoms with E-state index in [1.165, 1.54) is 0 Å². The van der Waals surface area contributed by atoms with E-state index in [0.717, 1.165) is 0 Å². The van der Waals surface area contributed by atoms with Gasteiger partial charge in [-0.3, -0.25) is 0 Å². The van der Waals surface area contributed by atoms with E-state index in [1.807, 2.05) is 0 Å². The number of alkyl halides is 1. The van der Waals surface area contributed by atoms with Gasteiger partial charge in [-0.15, -0.1) is 11.6 Å². The molecule has 3 heteroatoms. The summed E-state index contributed by atoms with van der Waals surface area (Å²) in [6.45, 7) is 3.49. The third-order valence-electron chi connectivity index (χ3n) is 1.46. The van der Waals surface area contributed by atoms with Crippen LogP contribution in [0.3, 0.4) is 0 Å². The smallest absolute Gasteiger partial charge is 0.0748 e. The fraction of sp³-hybridized carbons (Fsp3) is 1.00. The monoisotopic (exact) mass is 152 g/mol. The topological polar surface area (TPSA) is 40.5 Å². The van der Waals surface area contributed by atoms with E-state index in [0.29, 0.717) is 0 Å². The molecule has 0 heterocycles. The highest BCUT2D eigenvalue weighted by Crippen LogP contribution is 2.19. The van der Waals surface area contributed by atoms with E-state index >= 15 is 0 Å². The van der Waals surface area contributed by atoms with Gasteiger partial charge < -0.3 is 10.2 Å². The Balaban J connectivity index is 3.80. The molecular formula is C6H13ClO2. The molecule has 0 saturated heterocycles. The molecule has 2 nitrogen and oxygen atoms in total. The summed E-state index contributed by atoms with van der Waals surface area (Å²) in [5, 5.41) is 17.8. The Morgan fingerprint density at radius 1 is 1.56 bits per heavy atom. The molecule has 0 radical (unpaired) electrons. The van der Waals surface area contributed by atoms with E-state index in [1.54, 1.807) is 13.8 Å². The lowest BCUT2D eigenvalue weighted by molar-refractivity contribution is 0.0224. The lowest BCUT2D eigenvalue weighted by atomic mass is 9.89. The molecule has 1 atom stereocenters. The minimum absolute atomic E-state index is 0.0408. The predicted octanol–water partition coefficient (Wildman–Crippen LogP) is 0.605. The van der Waals surface area contributed by atoms with Crippen LogP contribution in [0.25, 0.3) is 0 Å². The molecule has 9 heavy (non-hydrogen) atoms. The molecule has 0 bridgehead atoms. The SMILES string of the molecule is CC(C)(CO)C(O)CCl. The average Bonchev–Trinajstić information content (AvgIpc) is 1.86. The van der Waals surface area contributed by atoms with Crippen molar-refractivity contribution in [2.24, 2.45) is 5.41 Å². The van der Waals surface area contributed by atoms with E-state index in [4.69, 9.17) is 21.8 Å². The van der Waals surface area contributed by atoms with Crippen molar-refractivity contribution in [3.63, 3.8) is 0 Å². The van der Waals surface area contributed by atoms with Gasteiger partial charge in [0.2, 0.25) is 0 Å². The highest BCUT2D eigenvalue weighted by molar-refractivity contribution is 6.18. The summed E-state index contributed by atoms with van der Waals surface area (Å²) in [7, 11) is 0. The molecule has 0 aromatic carbocycles. The molecule has 0 saturated carbocycles. The number of hydrogen-bond acceptors (Lipinski definition) is 2. The number of halogens is 1. The van der Waals surface area contributed by atoms with Crippen molar-refractivity contribution in [2.75, 3.05) is 12.5 Å². The Morgan fingerprint density at radius 2 is 2.00 bits per heavy atom. The molecular weight excluding hydrogens is 140 g/mol. The van der Waals surface area contributed by atoms with Crippen LogP contribution in [0, 0.1) is 5.41 Å². The van der Waals surface area contributed by atoms with Crippen molar-refractivity contribution in [2.45, 2.75) is 20.0 Å². The van der Waals surface area contributed by atoms with E-state index in [9.17, 15) is 0 Å². The van der Waals surface area contributed by atoms with Crippen LogP contribution in [0.1, 0.15) is 13.8 Å². The molecule has 0 aliphatic heterocycles. The first kappa shape index (κ1) is 9.21. The van der Waals surface area contributed by atoms with Gasteiger partial charge in [-0.1, -0.05) is 13.8 Å². The minimum atomic E-state index is -0.621. The van der Waals surface area contributed by atoms with Crippen LogP contribution in [0.5, 0.6) is 0 Å². The Labute approximate surface area is 60.5 Å². The normalized spacial score (nSPS) is 15.7. The molecule has 0 fully saturated rings. The number of aliphatic hydroxyl groups is 2. The van der Waals surface area contributed by atoms with Crippen molar-refractivity contribution >= 4 is 11.6 Å². The second kappa shape index (κ2) is 3.40. The Hall–Kier alpha value is 0.210. The molecule has 0 aliphatic rings. The molecule has 2 N–H and O–H groups in total.